The van der Waals surface area contributed by atoms with Crippen LogP contribution in [0, 0.1) is 23.0 Å². The molecule has 0 bridgehead atoms. The summed E-state index contributed by atoms with van der Waals surface area (Å²) >= 11 is 0. The summed E-state index contributed by atoms with van der Waals surface area (Å²) in [6.45, 7) is 0.816. The number of halogens is 2. The Bertz CT molecular complexity index is 756. The second-order valence-electron chi connectivity index (χ2n) is 5.65. The first kappa shape index (κ1) is 15.4. The number of aromatic nitrogens is 1. The topological polar surface area (TPSA) is 52.0 Å². The van der Waals surface area contributed by atoms with Gasteiger partial charge in [-0.3, -0.25) is 4.90 Å². The van der Waals surface area contributed by atoms with Crippen LogP contribution in [0.3, 0.4) is 0 Å². The van der Waals surface area contributed by atoms with Gasteiger partial charge in [0, 0.05) is 18.8 Å². The van der Waals surface area contributed by atoms with E-state index in [0.717, 1.165) is 19.0 Å². The lowest BCUT2D eigenvalue weighted by Gasteiger charge is -2.26. The first-order valence-electron chi connectivity index (χ1n) is 7.37. The Labute approximate surface area is 133 Å². The van der Waals surface area contributed by atoms with Gasteiger partial charge in [0.15, 0.2) is 11.6 Å². The van der Waals surface area contributed by atoms with E-state index in [1.165, 1.54) is 6.07 Å². The molecule has 0 spiro atoms. The molecule has 1 N–H and O–H groups in total. The van der Waals surface area contributed by atoms with Crippen LogP contribution in [0.5, 0.6) is 0 Å². The zero-order chi connectivity index (χ0) is 16.4. The Kier molecular flexibility index (Phi) is 4.22. The number of anilines is 1. The number of likely N-dealkylation sites (N-methyl/N-ethyl adjacent to an activating group) is 1. The molecule has 118 valence electrons. The Balaban J connectivity index is 1.89. The number of pyridine rings is 1. The molecule has 2 heterocycles. The third-order valence-electron chi connectivity index (χ3n) is 4.18. The molecular weight excluding hydrogens is 298 g/mol. The van der Waals surface area contributed by atoms with Crippen molar-refractivity contribution in [1.82, 2.24) is 9.88 Å². The van der Waals surface area contributed by atoms with Crippen LogP contribution in [-0.4, -0.2) is 29.5 Å². The predicted molar refractivity (Wildman–Crippen MR) is 82.7 cm³/mol. The summed E-state index contributed by atoms with van der Waals surface area (Å²) < 4.78 is 26.7. The highest BCUT2D eigenvalue weighted by molar-refractivity contribution is 5.52. The van der Waals surface area contributed by atoms with Gasteiger partial charge in [-0.2, -0.15) is 5.26 Å². The van der Waals surface area contributed by atoms with Gasteiger partial charge < -0.3 is 5.32 Å². The van der Waals surface area contributed by atoms with E-state index >= 15 is 0 Å². The Morgan fingerprint density at radius 2 is 2.13 bits per heavy atom. The van der Waals surface area contributed by atoms with Crippen LogP contribution >= 0.6 is 0 Å². The molecule has 4 nitrogen and oxygen atoms in total. The van der Waals surface area contributed by atoms with Crippen molar-refractivity contribution < 1.29 is 8.78 Å². The molecule has 1 aromatic heterocycles. The van der Waals surface area contributed by atoms with Gasteiger partial charge in [-0.1, -0.05) is 6.07 Å². The quantitative estimate of drug-likeness (QED) is 0.946. The number of nitriles is 1. The number of benzene rings is 1. The average Bonchev–Trinajstić information content (AvgIpc) is 2.91. The number of nitrogens with zero attached hydrogens (tertiary/aromatic N) is 3. The number of nitrogens with one attached hydrogen (secondary N) is 1. The fraction of sp³-hybridized carbons (Fsp3) is 0.294. The molecule has 3 rings (SSSR count). The molecule has 6 heteroatoms. The first-order chi connectivity index (χ1) is 11.1. The molecule has 0 saturated carbocycles. The van der Waals surface area contributed by atoms with E-state index in [-0.39, 0.29) is 12.1 Å². The van der Waals surface area contributed by atoms with Crippen molar-refractivity contribution in [2.45, 2.75) is 18.5 Å². The highest BCUT2D eigenvalue weighted by Gasteiger charge is 2.34. The fourth-order valence-corrected chi connectivity index (χ4v) is 3.07. The summed E-state index contributed by atoms with van der Waals surface area (Å²) in [5.74, 6) is -1.18. The lowest BCUT2D eigenvalue weighted by atomic mass is 9.99. The zero-order valence-electron chi connectivity index (χ0n) is 12.6. The summed E-state index contributed by atoms with van der Waals surface area (Å²) in [6.07, 6.45) is 2.44. The van der Waals surface area contributed by atoms with Crippen molar-refractivity contribution >= 4 is 5.82 Å². The van der Waals surface area contributed by atoms with Crippen molar-refractivity contribution in [1.29, 1.82) is 5.26 Å². The van der Waals surface area contributed by atoms with E-state index in [4.69, 9.17) is 5.26 Å². The molecule has 2 atom stereocenters. The van der Waals surface area contributed by atoms with Crippen molar-refractivity contribution in [2.75, 3.05) is 18.9 Å². The van der Waals surface area contributed by atoms with Gasteiger partial charge in [-0.05, 0) is 43.3 Å². The molecule has 0 aliphatic carbocycles. The van der Waals surface area contributed by atoms with Crippen LogP contribution < -0.4 is 5.32 Å². The molecular formula is C17H16F2N4. The van der Waals surface area contributed by atoms with E-state index in [9.17, 15) is 8.78 Å². The first-order valence-corrected chi connectivity index (χ1v) is 7.37. The number of hydrogen-bond acceptors (Lipinski definition) is 4. The van der Waals surface area contributed by atoms with Crippen molar-refractivity contribution in [3.63, 3.8) is 0 Å². The minimum Gasteiger partial charge on any atom is -0.364 e. The molecule has 0 radical (unpaired) electrons. The molecule has 1 saturated heterocycles. The highest BCUT2D eigenvalue weighted by atomic mass is 19.2. The second-order valence-corrected chi connectivity index (χ2v) is 5.65. The zero-order valence-corrected chi connectivity index (χ0v) is 12.6. The van der Waals surface area contributed by atoms with Gasteiger partial charge in [-0.25, -0.2) is 13.8 Å². The standard InChI is InChI=1S/C17H16F2N4/c1-23-8-6-15(22-17-12(10-20)3-2-7-21-17)16(23)11-4-5-13(18)14(19)9-11/h2-5,7,9,15-16H,6,8H2,1H3,(H,21,22)/t15-,16+/m1/s1. The van der Waals surface area contributed by atoms with Crippen LogP contribution in [0.25, 0.3) is 0 Å². The average molecular weight is 314 g/mol. The van der Waals surface area contributed by atoms with E-state index in [0.29, 0.717) is 16.9 Å². The third-order valence-corrected chi connectivity index (χ3v) is 4.18. The maximum Gasteiger partial charge on any atom is 0.159 e. The molecule has 1 aliphatic heterocycles. The molecule has 0 unspecified atom stereocenters. The van der Waals surface area contributed by atoms with E-state index < -0.39 is 11.6 Å². The summed E-state index contributed by atoms with van der Waals surface area (Å²) in [5.41, 5.74) is 1.17. The van der Waals surface area contributed by atoms with E-state index in [1.54, 1.807) is 24.4 Å². The Hall–Kier alpha value is -2.52. The summed E-state index contributed by atoms with van der Waals surface area (Å²) in [5, 5.41) is 12.4. The van der Waals surface area contributed by atoms with Gasteiger partial charge in [0.05, 0.1) is 11.6 Å². The molecule has 1 aliphatic rings. The molecule has 2 aromatic rings. The molecule has 0 amide bonds. The maximum atomic E-state index is 13.6. The third kappa shape index (κ3) is 3.01. The van der Waals surface area contributed by atoms with Crippen LogP contribution in [0.2, 0.25) is 0 Å². The van der Waals surface area contributed by atoms with Gasteiger partial charge in [0.25, 0.3) is 0 Å². The largest absolute Gasteiger partial charge is 0.364 e. The van der Waals surface area contributed by atoms with Crippen LogP contribution in [0.1, 0.15) is 23.6 Å². The lowest BCUT2D eigenvalue weighted by Crippen LogP contribution is -2.29. The highest BCUT2D eigenvalue weighted by Crippen LogP contribution is 2.33. The van der Waals surface area contributed by atoms with E-state index in [2.05, 4.69) is 21.3 Å². The van der Waals surface area contributed by atoms with Crippen LogP contribution in [0.15, 0.2) is 36.5 Å². The predicted octanol–water partition coefficient (Wildman–Crippen LogP) is 3.09. The van der Waals surface area contributed by atoms with E-state index in [1.807, 2.05) is 7.05 Å². The van der Waals surface area contributed by atoms with Crippen molar-refractivity contribution in [3.8, 4) is 6.07 Å². The minimum absolute atomic E-state index is 0.0353. The van der Waals surface area contributed by atoms with Crippen LogP contribution in [-0.2, 0) is 0 Å². The van der Waals surface area contributed by atoms with Crippen LogP contribution in [0.4, 0.5) is 14.6 Å². The molecule has 1 fully saturated rings. The SMILES string of the molecule is CN1CC[C@@H](Nc2ncccc2C#N)[C@@H]1c1ccc(F)c(F)c1. The maximum absolute atomic E-state index is 13.6. The fourth-order valence-electron chi connectivity index (χ4n) is 3.07. The summed E-state index contributed by atoms with van der Waals surface area (Å²) in [4.78, 5) is 6.29. The summed E-state index contributed by atoms with van der Waals surface area (Å²) in [6, 6.07) is 9.34. The van der Waals surface area contributed by atoms with Gasteiger partial charge in [0.2, 0.25) is 0 Å². The van der Waals surface area contributed by atoms with Gasteiger partial charge >= 0.3 is 0 Å². The Morgan fingerprint density at radius 1 is 1.30 bits per heavy atom. The van der Waals surface area contributed by atoms with Gasteiger partial charge in [-0.15, -0.1) is 0 Å². The number of hydrogen-bond donors (Lipinski definition) is 1. The van der Waals surface area contributed by atoms with Crippen molar-refractivity contribution in [3.05, 3.63) is 59.3 Å². The van der Waals surface area contributed by atoms with Crippen molar-refractivity contribution in [2.24, 2.45) is 0 Å². The molecule has 1 aromatic carbocycles. The number of likely N-dealkylation sites (tertiary alicyclic amines) is 1. The van der Waals surface area contributed by atoms with Gasteiger partial charge in [0.1, 0.15) is 11.9 Å². The molecule has 23 heavy (non-hydrogen) atoms. The minimum atomic E-state index is -0.851. The second kappa shape index (κ2) is 6.31. The smallest absolute Gasteiger partial charge is 0.159 e. The monoisotopic (exact) mass is 314 g/mol. The lowest BCUT2D eigenvalue weighted by molar-refractivity contribution is 0.307. The summed E-state index contributed by atoms with van der Waals surface area (Å²) in [7, 11) is 1.94. The normalized spacial score (nSPS) is 21.1. The Morgan fingerprint density at radius 3 is 2.87 bits per heavy atom. The number of rotatable bonds is 3.